The van der Waals surface area contributed by atoms with Gasteiger partial charge in [0.05, 0.1) is 0 Å². The molecule has 1 heteroatoms. The average Bonchev–Trinajstić information content (AvgIpc) is 2.51. The Morgan fingerprint density at radius 1 is 0.909 bits per heavy atom. The number of rotatable bonds is 2. The van der Waals surface area contributed by atoms with Crippen molar-refractivity contribution in [3.05, 3.63) is 64.7 Å². The van der Waals surface area contributed by atoms with Gasteiger partial charge in [-0.1, -0.05) is 24.6 Å². The summed E-state index contributed by atoms with van der Waals surface area (Å²) < 4.78 is 2.33. The van der Waals surface area contributed by atoms with E-state index in [-0.39, 0.29) is 0 Å². The third kappa shape index (κ3) is 2.41. The van der Waals surface area contributed by atoms with Crippen LogP contribution in [0.2, 0.25) is 0 Å². The molecule has 0 aliphatic heterocycles. The van der Waals surface area contributed by atoms with Gasteiger partial charge in [0.2, 0.25) is 11.2 Å². The number of fused-ring (bicyclic) bond motifs is 1. The van der Waals surface area contributed by atoms with Crippen LogP contribution < -0.4 is 4.57 Å². The van der Waals surface area contributed by atoms with Crippen molar-refractivity contribution in [3.8, 4) is 11.3 Å². The molecule has 2 aromatic carbocycles. The van der Waals surface area contributed by atoms with Crippen LogP contribution in [-0.2, 0) is 13.5 Å². The van der Waals surface area contributed by atoms with Crippen LogP contribution in [-0.4, -0.2) is 0 Å². The minimum Gasteiger partial charge on any atom is -0.194 e. The maximum Gasteiger partial charge on any atom is 0.213 e. The van der Waals surface area contributed by atoms with Gasteiger partial charge >= 0.3 is 0 Å². The molecular weight excluding hydrogens is 266 g/mol. The lowest BCUT2D eigenvalue weighted by molar-refractivity contribution is -0.633. The molecule has 0 saturated carbocycles. The molecule has 0 N–H and O–H groups in total. The molecule has 0 aliphatic carbocycles. The lowest BCUT2D eigenvalue weighted by Gasteiger charge is -2.10. The fourth-order valence-electron chi connectivity index (χ4n) is 3.23. The van der Waals surface area contributed by atoms with Crippen molar-refractivity contribution in [3.63, 3.8) is 0 Å². The molecule has 0 unspecified atom stereocenters. The number of pyridine rings is 1. The van der Waals surface area contributed by atoms with Gasteiger partial charge in [-0.2, -0.15) is 4.57 Å². The first-order valence-corrected chi connectivity index (χ1v) is 8.01. The number of benzene rings is 2. The lowest BCUT2D eigenvalue weighted by atomic mass is 9.96. The van der Waals surface area contributed by atoms with Crippen molar-refractivity contribution in [1.29, 1.82) is 0 Å². The van der Waals surface area contributed by atoms with Gasteiger partial charge in [-0.3, -0.25) is 0 Å². The molecule has 0 saturated heterocycles. The number of hydrogen-bond donors (Lipinski definition) is 0. The van der Waals surface area contributed by atoms with Gasteiger partial charge in [-0.15, -0.1) is 0 Å². The average molecular weight is 290 g/mol. The Morgan fingerprint density at radius 2 is 1.64 bits per heavy atom. The van der Waals surface area contributed by atoms with E-state index in [4.69, 9.17) is 0 Å². The van der Waals surface area contributed by atoms with Crippen molar-refractivity contribution in [1.82, 2.24) is 0 Å². The Balaban J connectivity index is 2.30. The van der Waals surface area contributed by atoms with Crippen LogP contribution >= 0.6 is 0 Å². The number of aryl methyl sites for hydroxylation is 4. The minimum absolute atomic E-state index is 1.07. The highest BCUT2D eigenvalue weighted by Gasteiger charge is 2.17. The normalized spacial score (nSPS) is 11.1. The molecule has 1 heterocycles. The minimum atomic E-state index is 1.07. The van der Waals surface area contributed by atoms with Crippen LogP contribution in [0.4, 0.5) is 0 Å². The molecule has 1 nitrogen and oxygen atoms in total. The van der Waals surface area contributed by atoms with Crippen molar-refractivity contribution in [2.75, 3.05) is 0 Å². The zero-order chi connectivity index (χ0) is 15.9. The summed E-state index contributed by atoms with van der Waals surface area (Å²) in [5.74, 6) is 0. The van der Waals surface area contributed by atoms with Crippen LogP contribution in [0.5, 0.6) is 0 Å². The summed E-state index contributed by atoms with van der Waals surface area (Å²) in [6.45, 7) is 8.80. The molecule has 0 radical (unpaired) electrons. The van der Waals surface area contributed by atoms with Gasteiger partial charge in [0.15, 0.2) is 0 Å². The molecule has 3 rings (SSSR count). The summed E-state index contributed by atoms with van der Waals surface area (Å²) in [6, 6.07) is 15.8. The Kier molecular flexibility index (Phi) is 3.74. The quantitative estimate of drug-likeness (QED) is 0.596. The zero-order valence-electron chi connectivity index (χ0n) is 14.2. The van der Waals surface area contributed by atoms with E-state index in [9.17, 15) is 0 Å². The SMILES string of the molecule is CCc1ccc2ccc(-c3cc(C)cc(C)c3C)[n+](C)c2c1. The van der Waals surface area contributed by atoms with Crippen molar-refractivity contribution < 1.29 is 4.57 Å². The Morgan fingerprint density at radius 3 is 2.36 bits per heavy atom. The van der Waals surface area contributed by atoms with Gasteiger partial charge in [0.1, 0.15) is 7.05 Å². The van der Waals surface area contributed by atoms with Crippen molar-refractivity contribution in [2.24, 2.45) is 7.05 Å². The van der Waals surface area contributed by atoms with Gasteiger partial charge in [-0.25, -0.2) is 0 Å². The second-order valence-electron chi connectivity index (χ2n) is 6.28. The molecule has 3 aromatic rings. The van der Waals surface area contributed by atoms with E-state index in [2.05, 4.69) is 81.8 Å². The first kappa shape index (κ1) is 14.8. The Bertz CT molecular complexity index is 859. The monoisotopic (exact) mass is 290 g/mol. The Labute approximate surface area is 133 Å². The summed E-state index contributed by atoms with van der Waals surface area (Å²) in [5, 5.41) is 1.30. The van der Waals surface area contributed by atoms with Gasteiger partial charge < -0.3 is 0 Å². The van der Waals surface area contributed by atoms with Crippen LogP contribution in [0, 0.1) is 20.8 Å². The fraction of sp³-hybridized carbons (Fsp3) is 0.286. The second kappa shape index (κ2) is 5.57. The molecule has 112 valence electrons. The van der Waals surface area contributed by atoms with Crippen LogP contribution in [0.15, 0.2) is 42.5 Å². The highest BCUT2D eigenvalue weighted by molar-refractivity contribution is 5.79. The molecular formula is C21H24N+. The highest BCUT2D eigenvalue weighted by atomic mass is 14.9. The smallest absolute Gasteiger partial charge is 0.194 e. The standard InChI is InChI=1S/C21H24N/c1-6-17-7-8-18-9-10-20(22(5)21(18)13-17)19-12-14(2)11-15(3)16(19)4/h7-13H,6H2,1-5H3/q+1. The first-order chi connectivity index (χ1) is 10.5. The Hall–Kier alpha value is -2.15. The van der Waals surface area contributed by atoms with Crippen molar-refractivity contribution in [2.45, 2.75) is 34.1 Å². The molecule has 0 atom stereocenters. The van der Waals surface area contributed by atoms with E-state index in [0.717, 1.165) is 6.42 Å². The fourth-order valence-corrected chi connectivity index (χ4v) is 3.23. The first-order valence-electron chi connectivity index (χ1n) is 8.01. The van der Waals surface area contributed by atoms with Crippen LogP contribution in [0.3, 0.4) is 0 Å². The van der Waals surface area contributed by atoms with E-state index < -0.39 is 0 Å². The molecule has 0 spiro atoms. The molecule has 0 bridgehead atoms. The summed E-state index contributed by atoms with van der Waals surface area (Å²) in [4.78, 5) is 0. The van der Waals surface area contributed by atoms with Crippen LogP contribution in [0.25, 0.3) is 22.2 Å². The van der Waals surface area contributed by atoms with Crippen molar-refractivity contribution >= 4 is 10.9 Å². The van der Waals surface area contributed by atoms with Gasteiger partial charge in [0.25, 0.3) is 0 Å². The van der Waals surface area contributed by atoms with E-state index in [1.807, 2.05) is 0 Å². The predicted molar refractivity (Wildman–Crippen MR) is 94.1 cm³/mol. The molecule has 0 amide bonds. The van der Waals surface area contributed by atoms with Gasteiger partial charge in [0, 0.05) is 23.1 Å². The third-order valence-corrected chi connectivity index (χ3v) is 4.73. The summed E-state index contributed by atoms with van der Waals surface area (Å²) in [6.07, 6.45) is 1.07. The molecule has 0 aliphatic rings. The molecule has 22 heavy (non-hydrogen) atoms. The summed E-state index contributed by atoms with van der Waals surface area (Å²) >= 11 is 0. The lowest BCUT2D eigenvalue weighted by Crippen LogP contribution is -2.32. The van der Waals surface area contributed by atoms with E-state index >= 15 is 0 Å². The number of aromatic nitrogens is 1. The van der Waals surface area contributed by atoms with E-state index in [1.165, 1.54) is 44.4 Å². The number of hydrogen-bond acceptors (Lipinski definition) is 0. The topological polar surface area (TPSA) is 3.88 Å². The third-order valence-electron chi connectivity index (χ3n) is 4.73. The largest absolute Gasteiger partial charge is 0.213 e. The number of nitrogens with zero attached hydrogens (tertiary/aromatic N) is 1. The highest BCUT2D eigenvalue weighted by Crippen LogP contribution is 2.26. The molecule has 1 aromatic heterocycles. The maximum absolute atomic E-state index is 2.33. The maximum atomic E-state index is 2.33. The van der Waals surface area contributed by atoms with E-state index in [0.29, 0.717) is 0 Å². The predicted octanol–water partition coefficient (Wildman–Crippen LogP) is 4.82. The van der Waals surface area contributed by atoms with E-state index in [1.54, 1.807) is 0 Å². The second-order valence-corrected chi connectivity index (χ2v) is 6.28. The van der Waals surface area contributed by atoms with Crippen LogP contribution in [0.1, 0.15) is 29.2 Å². The summed E-state index contributed by atoms with van der Waals surface area (Å²) in [5.41, 5.74) is 9.35. The summed E-state index contributed by atoms with van der Waals surface area (Å²) in [7, 11) is 2.17. The molecule has 0 fully saturated rings. The zero-order valence-corrected chi connectivity index (χ0v) is 14.2. The van der Waals surface area contributed by atoms with Gasteiger partial charge in [-0.05, 0) is 62.1 Å².